The predicted octanol–water partition coefficient (Wildman–Crippen LogP) is 3.83. The first kappa shape index (κ1) is 15.5. The molecule has 3 aromatic rings. The molecule has 1 aliphatic rings. The van der Waals surface area contributed by atoms with Crippen molar-refractivity contribution in [2.24, 2.45) is 4.99 Å². The van der Waals surface area contributed by atoms with Gasteiger partial charge in [0.25, 0.3) is 5.91 Å². The van der Waals surface area contributed by atoms with E-state index in [0.29, 0.717) is 15.9 Å². The quantitative estimate of drug-likeness (QED) is 0.716. The molecular formula is C19H14N4OS. The molecule has 122 valence electrons. The lowest BCUT2D eigenvalue weighted by molar-refractivity contribution is -0.115. The van der Waals surface area contributed by atoms with Gasteiger partial charge in [0, 0.05) is 17.8 Å². The highest BCUT2D eigenvalue weighted by Gasteiger charge is 2.23. The Morgan fingerprint density at radius 3 is 2.92 bits per heavy atom. The zero-order valence-electron chi connectivity index (χ0n) is 13.4. The molecule has 1 amide bonds. The first-order chi connectivity index (χ1) is 12.2. The third-order valence-electron chi connectivity index (χ3n) is 3.69. The molecule has 5 nitrogen and oxygen atoms in total. The van der Waals surface area contributed by atoms with Crippen LogP contribution in [-0.4, -0.2) is 21.0 Å². The van der Waals surface area contributed by atoms with Crippen LogP contribution in [0.3, 0.4) is 0 Å². The summed E-state index contributed by atoms with van der Waals surface area (Å²) in [5, 5.41) is 4.36. The highest BCUT2D eigenvalue weighted by Crippen LogP contribution is 2.28. The fraction of sp³-hybridized carbons (Fsp3) is 0.0526. The van der Waals surface area contributed by atoms with E-state index in [2.05, 4.69) is 20.3 Å². The van der Waals surface area contributed by atoms with E-state index in [1.807, 2.05) is 55.5 Å². The summed E-state index contributed by atoms with van der Waals surface area (Å²) in [4.78, 5) is 25.7. The Morgan fingerprint density at radius 2 is 2.04 bits per heavy atom. The van der Waals surface area contributed by atoms with Gasteiger partial charge in [-0.25, -0.2) is 9.98 Å². The van der Waals surface area contributed by atoms with Crippen molar-refractivity contribution in [1.82, 2.24) is 15.3 Å². The van der Waals surface area contributed by atoms with Crippen LogP contribution in [0.25, 0.3) is 17.0 Å². The minimum atomic E-state index is -0.150. The van der Waals surface area contributed by atoms with Crippen molar-refractivity contribution in [2.45, 2.75) is 6.92 Å². The third-order valence-corrected chi connectivity index (χ3v) is 4.60. The number of aliphatic imine (C=N–C) groups is 1. The van der Waals surface area contributed by atoms with Gasteiger partial charge in [0.15, 0.2) is 11.0 Å². The molecule has 0 atom stereocenters. The van der Waals surface area contributed by atoms with Gasteiger partial charge >= 0.3 is 0 Å². The largest absolute Gasteiger partial charge is 0.300 e. The highest BCUT2D eigenvalue weighted by atomic mass is 32.2. The smallest absolute Gasteiger partial charge is 0.264 e. The lowest BCUT2D eigenvalue weighted by Gasteiger charge is -1.99. The molecule has 1 saturated heterocycles. The summed E-state index contributed by atoms with van der Waals surface area (Å²) >= 11 is 1.31. The van der Waals surface area contributed by atoms with Gasteiger partial charge in [-0.05, 0) is 66.2 Å². The van der Waals surface area contributed by atoms with E-state index in [9.17, 15) is 4.79 Å². The maximum Gasteiger partial charge on any atom is 0.264 e. The fourth-order valence-electron chi connectivity index (χ4n) is 2.50. The third kappa shape index (κ3) is 3.44. The highest BCUT2D eigenvalue weighted by molar-refractivity contribution is 8.18. The second-order valence-electron chi connectivity index (χ2n) is 5.63. The van der Waals surface area contributed by atoms with Crippen LogP contribution in [0.15, 0.2) is 64.8 Å². The molecule has 2 aromatic heterocycles. The molecule has 1 aromatic carbocycles. The maximum atomic E-state index is 12.2. The molecule has 0 radical (unpaired) electrons. The molecule has 0 aliphatic carbocycles. The van der Waals surface area contributed by atoms with Gasteiger partial charge in [0.05, 0.1) is 10.4 Å². The number of hydrogen-bond acceptors (Lipinski definition) is 5. The molecule has 1 fully saturated rings. The van der Waals surface area contributed by atoms with Gasteiger partial charge in [-0.1, -0.05) is 12.1 Å². The van der Waals surface area contributed by atoms with E-state index in [4.69, 9.17) is 0 Å². The summed E-state index contributed by atoms with van der Waals surface area (Å²) < 4.78 is 0. The van der Waals surface area contributed by atoms with Crippen LogP contribution >= 0.6 is 11.8 Å². The lowest BCUT2D eigenvalue weighted by Crippen LogP contribution is -2.19. The number of benzene rings is 1. The van der Waals surface area contributed by atoms with Crippen molar-refractivity contribution < 1.29 is 4.79 Å². The normalized spacial score (nSPS) is 17.4. The van der Waals surface area contributed by atoms with Crippen LogP contribution in [0.5, 0.6) is 0 Å². The van der Waals surface area contributed by atoms with E-state index < -0.39 is 0 Å². The molecule has 3 heterocycles. The van der Waals surface area contributed by atoms with Crippen LogP contribution in [0, 0.1) is 6.92 Å². The first-order valence-corrected chi connectivity index (χ1v) is 8.56. The first-order valence-electron chi connectivity index (χ1n) is 7.74. The molecule has 1 aliphatic heterocycles. The van der Waals surface area contributed by atoms with Crippen LogP contribution in [0.4, 0.5) is 5.82 Å². The molecule has 25 heavy (non-hydrogen) atoms. The second kappa shape index (κ2) is 6.49. The molecule has 0 spiro atoms. The number of carbonyl (C=O) groups excluding carboxylic acids is 1. The fourth-order valence-corrected chi connectivity index (χ4v) is 3.33. The molecule has 0 saturated carbocycles. The minimum Gasteiger partial charge on any atom is -0.300 e. The summed E-state index contributed by atoms with van der Waals surface area (Å²) in [6, 6.07) is 13.6. The number of nitrogens with one attached hydrogen (secondary N) is 1. The summed E-state index contributed by atoms with van der Waals surface area (Å²) in [5.41, 5.74) is 2.96. The summed E-state index contributed by atoms with van der Waals surface area (Å²) in [6.07, 6.45) is 5.33. The van der Waals surface area contributed by atoms with E-state index in [0.717, 1.165) is 22.0 Å². The average Bonchev–Trinajstić information content (AvgIpc) is 2.94. The van der Waals surface area contributed by atoms with E-state index in [1.165, 1.54) is 11.8 Å². The predicted molar refractivity (Wildman–Crippen MR) is 102 cm³/mol. The number of nitrogens with zero attached hydrogens (tertiary/aromatic N) is 3. The van der Waals surface area contributed by atoms with Crippen molar-refractivity contribution in [2.75, 3.05) is 0 Å². The van der Waals surface area contributed by atoms with Gasteiger partial charge in [-0.2, -0.15) is 0 Å². The van der Waals surface area contributed by atoms with E-state index in [-0.39, 0.29) is 5.91 Å². The Morgan fingerprint density at radius 1 is 1.12 bits per heavy atom. The molecule has 0 bridgehead atoms. The van der Waals surface area contributed by atoms with Crippen molar-refractivity contribution in [3.63, 3.8) is 0 Å². The van der Waals surface area contributed by atoms with Gasteiger partial charge in [0.1, 0.15) is 0 Å². The van der Waals surface area contributed by atoms with Crippen molar-refractivity contribution >= 4 is 45.6 Å². The van der Waals surface area contributed by atoms with Crippen molar-refractivity contribution in [3.05, 3.63) is 70.9 Å². The van der Waals surface area contributed by atoms with E-state index >= 15 is 0 Å². The number of hydrogen-bond donors (Lipinski definition) is 1. The summed E-state index contributed by atoms with van der Waals surface area (Å²) in [7, 11) is 0. The number of aryl methyl sites for hydroxylation is 1. The molecule has 0 unspecified atom stereocenters. The zero-order valence-corrected chi connectivity index (χ0v) is 14.2. The number of aromatic nitrogens is 2. The Kier molecular flexibility index (Phi) is 4.03. The number of pyridine rings is 2. The van der Waals surface area contributed by atoms with Crippen LogP contribution in [0.2, 0.25) is 0 Å². The maximum absolute atomic E-state index is 12.2. The summed E-state index contributed by atoms with van der Waals surface area (Å²) in [6.45, 7) is 1.98. The molecule has 4 rings (SSSR count). The lowest BCUT2D eigenvalue weighted by atomic mass is 10.1. The molecule has 1 N–H and O–H groups in total. The number of carbonyl (C=O) groups is 1. The monoisotopic (exact) mass is 346 g/mol. The van der Waals surface area contributed by atoms with Gasteiger partial charge in [0.2, 0.25) is 0 Å². The van der Waals surface area contributed by atoms with Gasteiger partial charge in [-0.15, -0.1) is 0 Å². The second-order valence-corrected chi connectivity index (χ2v) is 6.66. The average molecular weight is 346 g/mol. The minimum absolute atomic E-state index is 0.150. The Bertz CT molecular complexity index is 1040. The standard InChI is InChI=1S/C19H14N4OS/c1-12-6-8-21-17(9-12)22-19-23-18(24)16(25-19)11-13-4-5-15-14(10-13)3-2-7-20-15/h2-11H,1H3,(H,21,22,23,24)/b16-11+. The SMILES string of the molecule is Cc1ccnc(N=C2NC(=O)/C(=C\c3ccc4ncccc4c3)S2)c1. The van der Waals surface area contributed by atoms with Crippen LogP contribution < -0.4 is 5.32 Å². The van der Waals surface area contributed by atoms with E-state index in [1.54, 1.807) is 12.4 Å². The van der Waals surface area contributed by atoms with Gasteiger partial charge < -0.3 is 5.32 Å². The Hall–Kier alpha value is -2.99. The zero-order chi connectivity index (χ0) is 17.2. The Labute approximate surface area is 148 Å². The number of thioether (sulfide) groups is 1. The topological polar surface area (TPSA) is 67.2 Å². The molecule has 6 heteroatoms. The Balaban J connectivity index is 1.62. The van der Waals surface area contributed by atoms with Crippen molar-refractivity contribution in [3.8, 4) is 0 Å². The number of amidine groups is 1. The number of fused-ring (bicyclic) bond motifs is 1. The van der Waals surface area contributed by atoms with Gasteiger partial charge in [-0.3, -0.25) is 9.78 Å². The molecular weight excluding hydrogens is 332 g/mol. The summed E-state index contributed by atoms with van der Waals surface area (Å²) in [5.74, 6) is 0.434. The van der Waals surface area contributed by atoms with Crippen LogP contribution in [-0.2, 0) is 4.79 Å². The van der Waals surface area contributed by atoms with Crippen molar-refractivity contribution in [1.29, 1.82) is 0 Å². The number of amides is 1. The van der Waals surface area contributed by atoms with Crippen LogP contribution in [0.1, 0.15) is 11.1 Å². The number of rotatable bonds is 2.